The number of ether oxygens (including phenoxy) is 2. The average molecular weight is 495 g/mol. The number of hydrogen-bond acceptors (Lipinski definition) is 8. The minimum absolute atomic E-state index is 0.0879. The van der Waals surface area contributed by atoms with Gasteiger partial charge in [0.1, 0.15) is 5.69 Å². The molecule has 1 saturated heterocycles. The van der Waals surface area contributed by atoms with Gasteiger partial charge < -0.3 is 9.47 Å². The van der Waals surface area contributed by atoms with Crippen LogP contribution in [0.2, 0.25) is 0 Å². The van der Waals surface area contributed by atoms with Crippen LogP contribution in [-0.2, 0) is 32.8 Å². The molecule has 1 unspecified atom stereocenters. The van der Waals surface area contributed by atoms with Crippen molar-refractivity contribution in [3.05, 3.63) is 22.4 Å². The van der Waals surface area contributed by atoms with Crippen molar-refractivity contribution in [1.82, 2.24) is 20.0 Å². The van der Waals surface area contributed by atoms with Gasteiger partial charge in [0.15, 0.2) is 10.9 Å². The SMILES string of the molecule is Cn1nnc(-c2ccc(OOC(=O)C3CCCCC3)c(Br)n2)c1COC1CCCCO1. The zero-order chi connectivity index (χ0) is 21.6. The Balaban J connectivity index is 1.40. The number of rotatable bonds is 7. The predicted octanol–water partition coefficient (Wildman–Crippen LogP) is 4.10. The van der Waals surface area contributed by atoms with Crippen LogP contribution in [0.1, 0.15) is 57.1 Å². The van der Waals surface area contributed by atoms with E-state index in [0.717, 1.165) is 57.2 Å². The van der Waals surface area contributed by atoms with Gasteiger partial charge in [-0.1, -0.05) is 24.5 Å². The zero-order valence-corrected chi connectivity index (χ0v) is 19.2. The molecule has 0 bridgehead atoms. The molecule has 1 aliphatic heterocycles. The molecule has 1 aliphatic carbocycles. The van der Waals surface area contributed by atoms with Crippen LogP contribution in [0, 0.1) is 5.92 Å². The van der Waals surface area contributed by atoms with Crippen molar-refractivity contribution < 1.29 is 24.0 Å². The lowest BCUT2D eigenvalue weighted by Crippen LogP contribution is -2.22. The molecule has 1 saturated carbocycles. The highest BCUT2D eigenvalue weighted by Crippen LogP contribution is 2.30. The van der Waals surface area contributed by atoms with E-state index in [1.165, 1.54) is 6.42 Å². The molecule has 0 amide bonds. The molecule has 2 aliphatic rings. The molecule has 0 aromatic carbocycles. The largest absolute Gasteiger partial charge is 0.358 e. The maximum Gasteiger partial charge on any atom is 0.358 e. The second kappa shape index (κ2) is 10.5. The van der Waals surface area contributed by atoms with Crippen molar-refractivity contribution in [1.29, 1.82) is 0 Å². The van der Waals surface area contributed by atoms with E-state index in [1.807, 2.05) is 7.05 Å². The third-order valence-corrected chi connectivity index (χ3v) is 6.26. The van der Waals surface area contributed by atoms with E-state index >= 15 is 0 Å². The molecule has 168 valence electrons. The van der Waals surface area contributed by atoms with Crippen molar-refractivity contribution in [3.8, 4) is 17.1 Å². The first-order valence-corrected chi connectivity index (χ1v) is 11.6. The Hall–Kier alpha value is -2.04. The smallest absolute Gasteiger partial charge is 0.353 e. The molecule has 0 N–H and O–H groups in total. The van der Waals surface area contributed by atoms with Crippen LogP contribution in [0.15, 0.2) is 16.7 Å². The fourth-order valence-electron chi connectivity index (χ4n) is 3.86. The van der Waals surface area contributed by atoms with Crippen molar-refractivity contribution in [3.63, 3.8) is 0 Å². The molecule has 2 aromatic heterocycles. The van der Waals surface area contributed by atoms with Gasteiger partial charge in [-0.05, 0) is 60.2 Å². The molecule has 10 heteroatoms. The Morgan fingerprint density at radius 1 is 1.19 bits per heavy atom. The monoisotopic (exact) mass is 494 g/mol. The molecule has 2 aromatic rings. The Morgan fingerprint density at radius 3 is 2.74 bits per heavy atom. The fourth-order valence-corrected chi connectivity index (χ4v) is 4.25. The summed E-state index contributed by atoms with van der Waals surface area (Å²) in [5, 5.41) is 8.35. The predicted molar refractivity (Wildman–Crippen MR) is 114 cm³/mol. The minimum atomic E-state index is -0.325. The number of nitrogens with zero attached hydrogens (tertiary/aromatic N) is 4. The number of carbonyl (C=O) groups excluding carboxylic acids is 1. The zero-order valence-electron chi connectivity index (χ0n) is 17.6. The van der Waals surface area contributed by atoms with Gasteiger partial charge in [-0.25, -0.2) is 14.5 Å². The van der Waals surface area contributed by atoms with E-state index in [4.69, 9.17) is 19.2 Å². The second-order valence-corrected chi connectivity index (χ2v) is 8.67. The molecule has 0 spiro atoms. The van der Waals surface area contributed by atoms with Crippen molar-refractivity contribution in [2.75, 3.05) is 6.61 Å². The lowest BCUT2D eigenvalue weighted by molar-refractivity contribution is -0.220. The highest BCUT2D eigenvalue weighted by molar-refractivity contribution is 9.10. The summed E-state index contributed by atoms with van der Waals surface area (Å²) < 4.78 is 13.6. The Labute approximate surface area is 189 Å². The van der Waals surface area contributed by atoms with E-state index in [1.54, 1.807) is 16.8 Å². The lowest BCUT2D eigenvalue weighted by Gasteiger charge is -2.22. The molecular formula is C21H27BrN4O5. The Kier molecular flexibility index (Phi) is 7.52. The van der Waals surface area contributed by atoms with Crippen molar-refractivity contribution >= 4 is 21.9 Å². The highest BCUT2D eigenvalue weighted by Gasteiger charge is 2.25. The number of hydrogen-bond donors (Lipinski definition) is 0. The summed E-state index contributed by atoms with van der Waals surface area (Å²) in [6.07, 6.45) is 7.83. The maximum absolute atomic E-state index is 12.2. The molecule has 31 heavy (non-hydrogen) atoms. The molecule has 4 rings (SSSR count). The van der Waals surface area contributed by atoms with E-state index in [2.05, 4.69) is 31.2 Å². The van der Waals surface area contributed by atoms with Crippen LogP contribution in [-0.4, -0.2) is 38.8 Å². The van der Waals surface area contributed by atoms with Crippen LogP contribution in [0.3, 0.4) is 0 Å². The lowest BCUT2D eigenvalue weighted by atomic mass is 9.89. The standard InChI is InChI=1S/C21H27BrN4O5/c1-26-16(13-29-18-9-5-6-12-28-18)19(24-25-26)15-10-11-17(20(22)23-15)30-31-21(27)14-7-3-2-4-8-14/h10-11,14,18H,2-9,12-13H2,1H3. The first-order chi connectivity index (χ1) is 15.1. The van der Waals surface area contributed by atoms with E-state index in [-0.39, 0.29) is 18.2 Å². The number of aryl methyl sites for hydroxylation is 1. The van der Waals surface area contributed by atoms with Gasteiger partial charge in [-0.15, -0.1) is 5.10 Å². The van der Waals surface area contributed by atoms with Gasteiger partial charge in [0, 0.05) is 13.7 Å². The summed E-state index contributed by atoms with van der Waals surface area (Å²) in [5.41, 5.74) is 2.02. The van der Waals surface area contributed by atoms with Crippen molar-refractivity contribution in [2.24, 2.45) is 13.0 Å². The summed E-state index contributed by atoms with van der Waals surface area (Å²) in [7, 11) is 1.81. The van der Waals surface area contributed by atoms with Crippen LogP contribution in [0.4, 0.5) is 0 Å². The van der Waals surface area contributed by atoms with Gasteiger partial charge in [0.05, 0.1) is 23.9 Å². The number of pyridine rings is 1. The summed E-state index contributed by atoms with van der Waals surface area (Å²) in [6.45, 7) is 1.04. The topological polar surface area (TPSA) is 97.6 Å². The molecular weight excluding hydrogens is 468 g/mol. The number of aromatic nitrogens is 4. The van der Waals surface area contributed by atoms with Crippen molar-refractivity contribution in [2.45, 2.75) is 64.3 Å². The Morgan fingerprint density at radius 2 is 2.00 bits per heavy atom. The second-order valence-electron chi connectivity index (χ2n) is 7.92. The van der Waals surface area contributed by atoms with Crippen LogP contribution < -0.4 is 4.89 Å². The molecule has 1 atom stereocenters. The Bertz CT molecular complexity index is 894. The third kappa shape index (κ3) is 5.61. The summed E-state index contributed by atoms with van der Waals surface area (Å²) in [5.74, 6) is -0.0887. The maximum atomic E-state index is 12.2. The summed E-state index contributed by atoms with van der Waals surface area (Å²) in [6, 6.07) is 3.43. The van der Waals surface area contributed by atoms with E-state index in [0.29, 0.717) is 28.3 Å². The summed E-state index contributed by atoms with van der Waals surface area (Å²) >= 11 is 3.39. The molecule has 9 nitrogen and oxygen atoms in total. The van der Waals surface area contributed by atoms with Crippen LogP contribution in [0.5, 0.6) is 5.75 Å². The van der Waals surface area contributed by atoms with Gasteiger partial charge in [0.25, 0.3) is 0 Å². The van der Waals surface area contributed by atoms with Crippen LogP contribution in [0.25, 0.3) is 11.4 Å². The van der Waals surface area contributed by atoms with Gasteiger partial charge in [-0.3, -0.25) is 9.78 Å². The molecule has 3 heterocycles. The van der Waals surface area contributed by atoms with Gasteiger partial charge in [-0.2, -0.15) is 0 Å². The molecule has 2 fully saturated rings. The third-order valence-electron chi connectivity index (χ3n) is 5.70. The normalized spacial score (nSPS) is 19.9. The first-order valence-electron chi connectivity index (χ1n) is 10.8. The van der Waals surface area contributed by atoms with E-state index < -0.39 is 0 Å². The fraction of sp³-hybridized carbons (Fsp3) is 0.619. The summed E-state index contributed by atoms with van der Waals surface area (Å²) in [4.78, 5) is 27.0. The van der Waals surface area contributed by atoms with Gasteiger partial charge >= 0.3 is 5.97 Å². The highest BCUT2D eigenvalue weighted by atomic mass is 79.9. The number of carbonyl (C=O) groups is 1. The van der Waals surface area contributed by atoms with E-state index in [9.17, 15) is 4.79 Å². The minimum Gasteiger partial charge on any atom is -0.353 e. The number of halogens is 1. The first kappa shape index (κ1) is 22.2. The molecule has 0 radical (unpaired) electrons. The van der Waals surface area contributed by atoms with Crippen LogP contribution >= 0.6 is 15.9 Å². The quantitative estimate of drug-likeness (QED) is 0.322. The average Bonchev–Trinajstić information content (AvgIpc) is 3.18. The van der Waals surface area contributed by atoms with Gasteiger partial charge in [0.2, 0.25) is 5.75 Å².